The summed E-state index contributed by atoms with van der Waals surface area (Å²) < 4.78 is 0. The van der Waals surface area contributed by atoms with Crippen LogP contribution in [-0.2, 0) is 17.6 Å². The van der Waals surface area contributed by atoms with Crippen molar-refractivity contribution in [3.05, 3.63) is 108 Å². The minimum Gasteiger partial charge on any atom is -0.480 e. The smallest absolute Gasteiger partial charge is 0.322 e. The summed E-state index contributed by atoms with van der Waals surface area (Å²) in [6.45, 7) is 3.00. The second-order valence-electron chi connectivity index (χ2n) is 9.26. The molecule has 0 spiro atoms. The van der Waals surface area contributed by atoms with Crippen LogP contribution in [0, 0.1) is 0 Å². The lowest BCUT2D eigenvalue weighted by Crippen LogP contribution is -2.57. The molecule has 0 radical (unpaired) electrons. The standard InChI is InChI=1S/C30H34N4O3/c1-3-34(32-28(30(36)37)19-24-20-31-27-17-11-10-16-26(24)27)25(18-22-12-6-4-7-13-22)21-33(2)29(35)23-14-8-5-9-15-23/h4-17,20,25,28,31-32H,3,18-19,21H2,1-2H3,(H,36,37)/t25-,28-/m0/s1. The van der Waals surface area contributed by atoms with Gasteiger partial charge in [-0.2, -0.15) is 0 Å². The van der Waals surface area contributed by atoms with E-state index in [9.17, 15) is 14.7 Å². The zero-order valence-electron chi connectivity index (χ0n) is 21.3. The molecule has 1 amide bonds. The van der Waals surface area contributed by atoms with Gasteiger partial charge in [0.05, 0.1) is 0 Å². The van der Waals surface area contributed by atoms with Crippen molar-refractivity contribution in [2.24, 2.45) is 0 Å². The number of para-hydroxylation sites is 1. The number of carbonyl (C=O) groups is 2. The summed E-state index contributed by atoms with van der Waals surface area (Å²) in [6.07, 6.45) is 2.87. The molecular formula is C30H34N4O3. The van der Waals surface area contributed by atoms with E-state index in [0.29, 0.717) is 31.5 Å². The van der Waals surface area contributed by atoms with Crippen LogP contribution in [-0.4, -0.2) is 64.1 Å². The fraction of sp³-hybridized carbons (Fsp3) is 0.267. The van der Waals surface area contributed by atoms with Gasteiger partial charge in [0.2, 0.25) is 0 Å². The summed E-state index contributed by atoms with van der Waals surface area (Å²) in [4.78, 5) is 30.4. The van der Waals surface area contributed by atoms with Gasteiger partial charge in [-0.25, -0.2) is 10.4 Å². The van der Waals surface area contributed by atoms with E-state index in [4.69, 9.17) is 0 Å². The number of H-pyrrole nitrogens is 1. The van der Waals surface area contributed by atoms with Crippen molar-refractivity contribution in [1.29, 1.82) is 0 Å². The summed E-state index contributed by atoms with van der Waals surface area (Å²) in [5, 5.41) is 13.1. The predicted octanol–water partition coefficient (Wildman–Crippen LogP) is 4.37. The Morgan fingerprint density at radius 2 is 1.57 bits per heavy atom. The number of fused-ring (bicyclic) bond motifs is 1. The Balaban J connectivity index is 1.55. The maximum atomic E-state index is 13.1. The van der Waals surface area contributed by atoms with Gasteiger partial charge in [0.25, 0.3) is 5.91 Å². The highest BCUT2D eigenvalue weighted by atomic mass is 16.4. The Kier molecular flexibility index (Phi) is 8.72. The number of nitrogens with one attached hydrogen (secondary N) is 2. The molecule has 192 valence electrons. The molecular weight excluding hydrogens is 464 g/mol. The third-order valence-electron chi connectivity index (χ3n) is 6.67. The van der Waals surface area contributed by atoms with Crippen LogP contribution in [0.5, 0.6) is 0 Å². The number of carbonyl (C=O) groups excluding carboxylic acids is 1. The second-order valence-corrected chi connectivity index (χ2v) is 9.26. The van der Waals surface area contributed by atoms with Crippen molar-refractivity contribution in [3.63, 3.8) is 0 Å². The molecule has 1 heterocycles. The van der Waals surface area contributed by atoms with Crippen LogP contribution in [0.4, 0.5) is 0 Å². The second kappa shape index (κ2) is 12.3. The lowest BCUT2D eigenvalue weighted by atomic mass is 10.0. The van der Waals surface area contributed by atoms with Crippen LogP contribution < -0.4 is 5.43 Å². The molecule has 0 aliphatic carbocycles. The third-order valence-corrected chi connectivity index (χ3v) is 6.67. The highest BCUT2D eigenvalue weighted by Gasteiger charge is 2.28. The van der Waals surface area contributed by atoms with E-state index in [-0.39, 0.29) is 11.9 Å². The van der Waals surface area contributed by atoms with Gasteiger partial charge >= 0.3 is 5.97 Å². The first kappa shape index (κ1) is 26.1. The van der Waals surface area contributed by atoms with Crippen LogP contribution in [0.2, 0.25) is 0 Å². The number of hydrogen-bond donors (Lipinski definition) is 3. The number of carboxylic acid groups (broad SMARTS) is 1. The summed E-state index contributed by atoms with van der Waals surface area (Å²) >= 11 is 0. The number of aromatic amines is 1. The first-order valence-electron chi connectivity index (χ1n) is 12.6. The number of rotatable bonds is 12. The monoisotopic (exact) mass is 498 g/mol. The number of aromatic nitrogens is 1. The lowest BCUT2D eigenvalue weighted by Gasteiger charge is -2.36. The topological polar surface area (TPSA) is 88.7 Å². The molecule has 3 aromatic carbocycles. The minimum atomic E-state index is -0.920. The average molecular weight is 499 g/mol. The van der Waals surface area contributed by atoms with E-state index in [1.54, 1.807) is 11.9 Å². The van der Waals surface area contributed by atoms with Gasteiger partial charge in [0.15, 0.2) is 0 Å². The van der Waals surface area contributed by atoms with Crippen LogP contribution in [0.3, 0.4) is 0 Å². The van der Waals surface area contributed by atoms with Crippen LogP contribution in [0.1, 0.15) is 28.4 Å². The quantitative estimate of drug-likeness (QED) is 0.253. The molecule has 0 unspecified atom stereocenters. The third kappa shape index (κ3) is 6.64. The molecule has 0 aliphatic rings. The maximum Gasteiger partial charge on any atom is 0.322 e. The van der Waals surface area contributed by atoms with Gasteiger partial charge in [-0.15, -0.1) is 0 Å². The lowest BCUT2D eigenvalue weighted by molar-refractivity contribution is -0.141. The van der Waals surface area contributed by atoms with E-state index in [2.05, 4.69) is 22.5 Å². The molecule has 0 saturated heterocycles. The Morgan fingerprint density at radius 3 is 2.24 bits per heavy atom. The Labute approximate surface area is 217 Å². The molecule has 0 bridgehead atoms. The normalized spacial score (nSPS) is 12.9. The SMILES string of the molecule is CCN(N[C@@H](Cc1c[nH]c2ccccc12)C(=O)O)[C@@H](Cc1ccccc1)CN(C)C(=O)c1ccccc1. The molecule has 7 nitrogen and oxygen atoms in total. The van der Waals surface area contributed by atoms with Crippen molar-refractivity contribution >= 4 is 22.8 Å². The van der Waals surface area contributed by atoms with E-state index < -0.39 is 12.0 Å². The van der Waals surface area contributed by atoms with E-state index >= 15 is 0 Å². The van der Waals surface area contributed by atoms with Gasteiger partial charge in [0.1, 0.15) is 6.04 Å². The first-order chi connectivity index (χ1) is 18.0. The van der Waals surface area contributed by atoms with Gasteiger partial charge < -0.3 is 15.0 Å². The van der Waals surface area contributed by atoms with Crippen molar-refractivity contribution in [1.82, 2.24) is 20.3 Å². The summed E-state index contributed by atoms with van der Waals surface area (Å²) in [7, 11) is 1.79. The molecule has 3 N–H and O–H groups in total. The average Bonchev–Trinajstić information content (AvgIpc) is 3.34. The molecule has 2 atom stereocenters. The summed E-state index contributed by atoms with van der Waals surface area (Å²) in [5.74, 6) is -0.987. The number of aliphatic carboxylic acids is 1. The van der Waals surface area contributed by atoms with Crippen molar-refractivity contribution in [2.75, 3.05) is 20.1 Å². The molecule has 0 saturated carbocycles. The first-order valence-corrected chi connectivity index (χ1v) is 12.6. The Morgan fingerprint density at radius 1 is 0.919 bits per heavy atom. The van der Waals surface area contributed by atoms with Crippen molar-refractivity contribution in [3.8, 4) is 0 Å². The number of amides is 1. The number of likely N-dealkylation sites (N-methyl/N-ethyl adjacent to an activating group) is 2. The molecule has 0 fully saturated rings. The highest BCUT2D eigenvalue weighted by molar-refractivity contribution is 5.94. The number of carboxylic acids is 1. The molecule has 37 heavy (non-hydrogen) atoms. The van der Waals surface area contributed by atoms with Crippen molar-refractivity contribution in [2.45, 2.75) is 31.8 Å². The van der Waals surface area contributed by atoms with Gasteiger partial charge in [-0.1, -0.05) is 73.7 Å². The predicted molar refractivity (Wildman–Crippen MR) is 146 cm³/mol. The fourth-order valence-electron chi connectivity index (χ4n) is 4.72. The molecule has 1 aromatic heterocycles. The van der Waals surface area contributed by atoms with Gasteiger partial charge in [-0.05, 0) is 35.7 Å². The van der Waals surface area contributed by atoms with Gasteiger partial charge in [0, 0.05) is 55.3 Å². The highest BCUT2D eigenvalue weighted by Crippen LogP contribution is 2.20. The molecule has 4 rings (SSSR count). The molecule has 4 aromatic rings. The van der Waals surface area contributed by atoms with E-state index in [1.807, 2.05) is 90.9 Å². The maximum absolute atomic E-state index is 13.1. The summed E-state index contributed by atoms with van der Waals surface area (Å²) in [6, 6.07) is 26.2. The summed E-state index contributed by atoms with van der Waals surface area (Å²) in [5.41, 5.74) is 6.97. The number of hydrazine groups is 1. The van der Waals surface area contributed by atoms with Crippen LogP contribution >= 0.6 is 0 Å². The van der Waals surface area contributed by atoms with Crippen LogP contribution in [0.25, 0.3) is 10.9 Å². The number of nitrogens with zero attached hydrogens (tertiary/aromatic N) is 2. The number of hydrogen-bond acceptors (Lipinski definition) is 4. The largest absolute Gasteiger partial charge is 0.480 e. The van der Waals surface area contributed by atoms with E-state index in [0.717, 1.165) is 22.0 Å². The zero-order valence-corrected chi connectivity index (χ0v) is 21.3. The van der Waals surface area contributed by atoms with E-state index in [1.165, 1.54) is 0 Å². The minimum absolute atomic E-state index is 0.0664. The Bertz CT molecular complexity index is 1310. The fourth-order valence-corrected chi connectivity index (χ4v) is 4.72. The number of benzene rings is 3. The Hall–Kier alpha value is -3.94. The van der Waals surface area contributed by atoms with Crippen LogP contribution in [0.15, 0.2) is 91.1 Å². The van der Waals surface area contributed by atoms with Gasteiger partial charge in [-0.3, -0.25) is 9.59 Å². The molecule has 0 aliphatic heterocycles. The van der Waals surface area contributed by atoms with Crippen molar-refractivity contribution < 1.29 is 14.7 Å². The zero-order chi connectivity index (χ0) is 26.2. The molecule has 7 heteroatoms.